The molecule has 3 aromatic carbocycles. The van der Waals surface area contributed by atoms with E-state index in [4.69, 9.17) is 0 Å². The maximum atomic E-state index is 13.6. The molecule has 0 fully saturated rings. The fourth-order valence-corrected chi connectivity index (χ4v) is 6.07. The number of thiophene rings is 1. The molecule has 2 aromatic heterocycles. The molecule has 36 heavy (non-hydrogen) atoms. The number of carbonyl (C=O) groups excluding carboxylic acids is 2. The van der Waals surface area contributed by atoms with Crippen molar-refractivity contribution in [3.05, 3.63) is 118 Å². The Labute approximate surface area is 213 Å². The van der Waals surface area contributed by atoms with E-state index in [1.165, 1.54) is 10.1 Å². The lowest BCUT2D eigenvalue weighted by molar-refractivity contribution is -0.115. The minimum absolute atomic E-state index is 0.0594. The van der Waals surface area contributed by atoms with Gasteiger partial charge in [0.2, 0.25) is 5.91 Å². The molecule has 0 saturated carbocycles. The third-order valence-electron chi connectivity index (χ3n) is 6.79. The first kappa shape index (κ1) is 22.3. The molecule has 0 atom stereocenters. The Kier molecular flexibility index (Phi) is 5.66. The van der Waals surface area contributed by atoms with Gasteiger partial charge in [0.05, 0.1) is 13.0 Å². The van der Waals surface area contributed by atoms with E-state index < -0.39 is 0 Å². The molecule has 5 aromatic rings. The lowest BCUT2D eigenvalue weighted by Gasteiger charge is -2.23. The van der Waals surface area contributed by atoms with E-state index in [0.29, 0.717) is 24.2 Å². The van der Waals surface area contributed by atoms with Crippen LogP contribution in [0, 0.1) is 6.92 Å². The van der Waals surface area contributed by atoms with Crippen LogP contribution in [-0.4, -0.2) is 16.4 Å². The largest absolute Gasteiger partial charge is 0.345 e. The summed E-state index contributed by atoms with van der Waals surface area (Å²) in [4.78, 5) is 29.3. The average Bonchev–Trinajstić information content (AvgIpc) is 3.42. The highest BCUT2D eigenvalue weighted by atomic mass is 32.1. The first-order chi connectivity index (χ1) is 17.6. The summed E-state index contributed by atoms with van der Waals surface area (Å²) in [5.74, 6) is -0.123. The Morgan fingerprint density at radius 2 is 1.67 bits per heavy atom. The number of nitrogens with zero attached hydrogens (tertiary/aromatic N) is 2. The number of hydrogen-bond donors (Lipinski definition) is 1. The zero-order chi connectivity index (χ0) is 24.6. The van der Waals surface area contributed by atoms with Crippen molar-refractivity contribution in [2.24, 2.45) is 0 Å². The molecule has 0 radical (unpaired) electrons. The Morgan fingerprint density at radius 3 is 2.50 bits per heavy atom. The molecule has 5 nitrogen and oxygen atoms in total. The standard InChI is InChI=1S/C30H25N3O2S/c1-20-25-9-3-5-11-27(25)36-28(20)17-29(34)31-23-14-12-21(13-15-23)30(35)33-19-24-8-6-16-32(24)18-22-7-2-4-10-26(22)33/h2-16H,17-19H2,1H3,(H,31,34). The van der Waals surface area contributed by atoms with E-state index in [1.54, 1.807) is 35.6 Å². The summed E-state index contributed by atoms with van der Waals surface area (Å²) < 4.78 is 3.38. The molecule has 1 aliphatic rings. The second-order valence-corrected chi connectivity index (χ2v) is 10.2. The monoisotopic (exact) mass is 491 g/mol. The van der Waals surface area contributed by atoms with Crippen LogP contribution in [-0.2, 0) is 24.3 Å². The van der Waals surface area contributed by atoms with Gasteiger partial charge in [-0.1, -0.05) is 36.4 Å². The fraction of sp³-hybridized carbons (Fsp3) is 0.133. The molecule has 2 amide bonds. The van der Waals surface area contributed by atoms with Crippen LogP contribution < -0.4 is 10.2 Å². The van der Waals surface area contributed by atoms with Gasteiger partial charge in [-0.25, -0.2) is 0 Å². The minimum Gasteiger partial charge on any atom is -0.345 e. The molecule has 6 heteroatoms. The van der Waals surface area contributed by atoms with Crippen LogP contribution in [0.2, 0.25) is 0 Å². The normalized spacial score (nSPS) is 12.6. The summed E-state index contributed by atoms with van der Waals surface area (Å²) in [6.07, 6.45) is 2.38. The molecule has 0 aliphatic carbocycles. The number of aromatic nitrogens is 1. The molecular formula is C30H25N3O2S. The van der Waals surface area contributed by atoms with Crippen molar-refractivity contribution in [1.82, 2.24) is 4.57 Å². The first-order valence-corrected chi connectivity index (χ1v) is 12.8. The van der Waals surface area contributed by atoms with Gasteiger partial charge in [-0.05, 0) is 72.0 Å². The predicted octanol–water partition coefficient (Wildman–Crippen LogP) is 6.40. The van der Waals surface area contributed by atoms with Crippen LogP contribution in [0.5, 0.6) is 0 Å². The number of fused-ring (bicyclic) bond motifs is 3. The van der Waals surface area contributed by atoms with Gasteiger partial charge in [-0.3, -0.25) is 9.59 Å². The lowest BCUT2D eigenvalue weighted by atomic mass is 10.1. The number of benzene rings is 3. The summed E-state index contributed by atoms with van der Waals surface area (Å²) in [6, 6.07) is 27.5. The van der Waals surface area contributed by atoms with Gasteiger partial charge in [0, 0.05) is 45.0 Å². The number of carbonyl (C=O) groups is 2. The van der Waals surface area contributed by atoms with Crippen molar-refractivity contribution < 1.29 is 9.59 Å². The van der Waals surface area contributed by atoms with Gasteiger partial charge >= 0.3 is 0 Å². The quantitative estimate of drug-likeness (QED) is 0.316. The Balaban J connectivity index is 1.19. The number of nitrogens with one attached hydrogen (secondary N) is 1. The summed E-state index contributed by atoms with van der Waals surface area (Å²) >= 11 is 1.66. The molecule has 6 rings (SSSR count). The first-order valence-electron chi connectivity index (χ1n) is 12.0. The number of aryl methyl sites for hydroxylation is 1. The number of amides is 2. The van der Waals surface area contributed by atoms with Crippen molar-refractivity contribution >= 4 is 44.6 Å². The molecule has 1 N–H and O–H groups in total. The number of anilines is 2. The second kappa shape index (κ2) is 9.13. The lowest BCUT2D eigenvalue weighted by Crippen LogP contribution is -2.30. The SMILES string of the molecule is Cc1c(CC(=O)Nc2ccc(C(=O)N3Cc4cccn4Cc4ccccc43)cc2)sc2ccccc12. The molecule has 0 saturated heterocycles. The van der Waals surface area contributed by atoms with Crippen molar-refractivity contribution in [2.75, 3.05) is 10.2 Å². The van der Waals surface area contributed by atoms with E-state index >= 15 is 0 Å². The third-order valence-corrected chi connectivity index (χ3v) is 8.06. The Bertz CT molecular complexity index is 1600. The molecular weight excluding hydrogens is 466 g/mol. The maximum Gasteiger partial charge on any atom is 0.258 e. The van der Waals surface area contributed by atoms with E-state index in [9.17, 15) is 9.59 Å². The molecule has 1 aliphatic heterocycles. The molecule has 0 unspecified atom stereocenters. The predicted molar refractivity (Wildman–Crippen MR) is 146 cm³/mol. The molecule has 0 bridgehead atoms. The van der Waals surface area contributed by atoms with Crippen LogP contribution in [0.15, 0.2) is 91.1 Å². The highest BCUT2D eigenvalue weighted by Crippen LogP contribution is 2.31. The maximum absolute atomic E-state index is 13.6. The van der Waals surface area contributed by atoms with E-state index in [2.05, 4.69) is 47.3 Å². The summed E-state index contributed by atoms with van der Waals surface area (Å²) in [7, 11) is 0. The van der Waals surface area contributed by atoms with Crippen LogP contribution in [0.3, 0.4) is 0 Å². The van der Waals surface area contributed by atoms with Crippen LogP contribution in [0.1, 0.15) is 32.1 Å². The van der Waals surface area contributed by atoms with Gasteiger partial charge < -0.3 is 14.8 Å². The second-order valence-electron chi connectivity index (χ2n) is 9.10. The van der Waals surface area contributed by atoms with E-state index in [-0.39, 0.29) is 11.8 Å². The smallest absolute Gasteiger partial charge is 0.258 e. The molecule has 3 heterocycles. The highest BCUT2D eigenvalue weighted by molar-refractivity contribution is 7.19. The van der Waals surface area contributed by atoms with Gasteiger partial charge in [-0.2, -0.15) is 0 Å². The van der Waals surface area contributed by atoms with Crippen molar-refractivity contribution in [3.63, 3.8) is 0 Å². The average molecular weight is 492 g/mol. The van der Waals surface area contributed by atoms with E-state index in [1.807, 2.05) is 41.3 Å². The van der Waals surface area contributed by atoms with Crippen molar-refractivity contribution in [3.8, 4) is 0 Å². The summed E-state index contributed by atoms with van der Waals surface area (Å²) in [5.41, 5.74) is 5.57. The van der Waals surface area contributed by atoms with Gasteiger partial charge in [-0.15, -0.1) is 11.3 Å². The number of hydrogen-bond acceptors (Lipinski definition) is 3. The van der Waals surface area contributed by atoms with Crippen molar-refractivity contribution in [2.45, 2.75) is 26.4 Å². The van der Waals surface area contributed by atoms with Crippen LogP contribution >= 0.6 is 11.3 Å². The summed E-state index contributed by atoms with van der Waals surface area (Å²) in [6.45, 7) is 3.32. The van der Waals surface area contributed by atoms with E-state index in [0.717, 1.165) is 33.9 Å². The van der Waals surface area contributed by atoms with Gasteiger partial charge in [0.25, 0.3) is 5.91 Å². The Morgan fingerprint density at radius 1 is 0.889 bits per heavy atom. The topological polar surface area (TPSA) is 54.3 Å². The zero-order valence-corrected chi connectivity index (χ0v) is 20.7. The third kappa shape index (κ3) is 4.10. The number of rotatable bonds is 4. The fourth-order valence-electron chi connectivity index (χ4n) is 4.86. The number of para-hydroxylation sites is 1. The van der Waals surface area contributed by atoms with Crippen LogP contribution in [0.4, 0.5) is 11.4 Å². The highest BCUT2D eigenvalue weighted by Gasteiger charge is 2.24. The molecule has 178 valence electrons. The van der Waals surface area contributed by atoms with Gasteiger partial charge in [0.15, 0.2) is 0 Å². The van der Waals surface area contributed by atoms with Crippen LogP contribution in [0.25, 0.3) is 10.1 Å². The Hall–Kier alpha value is -4.16. The molecule has 0 spiro atoms. The van der Waals surface area contributed by atoms with Gasteiger partial charge in [0.1, 0.15) is 0 Å². The minimum atomic E-state index is -0.0639. The van der Waals surface area contributed by atoms with Crippen molar-refractivity contribution in [1.29, 1.82) is 0 Å². The zero-order valence-electron chi connectivity index (χ0n) is 19.9. The summed E-state index contributed by atoms with van der Waals surface area (Å²) in [5, 5.41) is 4.19.